The number of carbonyl (C=O) groups excluding carboxylic acids is 2. The number of amides is 3. The van der Waals surface area contributed by atoms with E-state index in [1.165, 1.54) is 0 Å². The summed E-state index contributed by atoms with van der Waals surface area (Å²) in [6.07, 6.45) is 4.28. The van der Waals surface area contributed by atoms with Crippen molar-refractivity contribution in [3.63, 3.8) is 0 Å². The summed E-state index contributed by atoms with van der Waals surface area (Å²) in [4.78, 5) is 26.3. The first-order valence-electron chi connectivity index (χ1n) is 7.18. The third-order valence-corrected chi connectivity index (χ3v) is 4.07. The second-order valence-corrected chi connectivity index (χ2v) is 5.57. The van der Waals surface area contributed by atoms with Gasteiger partial charge in [0.15, 0.2) is 0 Å². The molecule has 1 aliphatic heterocycles. The van der Waals surface area contributed by atoms with Crippen molar-refractivity contribution in [2.75, 3.05) is 19.6 Å². The van der Waals surface area contributed by atoms with E-state index >= 15 is 0 Å². The normalized spacial score (nSPS) is 25.4. The summed E-state index contributed by atoms with van der Waals surface area (Å²) in [6.45, 7) is 3.74. The van der Waals surface area contributed by atoms with E-state index < -0.39 is 5.54 Å². The lowest BCUT2D eigenvalue weighted by Gasteiger charge is -2.33. The molecule has 1 atom stereocenters. The highest BCUT2D eigenvalue weighted by molar-refractivity contribution is 5.91. The molecule has 4 N–H and O–H groups in total. The highest BCUT2D eigenvalue weighted by atomic mass is 16.2. The van der Waals surface area contributed by atoms with Gasteiger partial charge in [-0.2, -0.15) is 0 Å². The van der Waals surface area contributed by atoms with Gasteiger partial charge in [-0.15, -0.1) is 0 Å². The van der Waals surface area contributed by atoms with Gasteiger partial charge in [0.05, 0.1) is 0 Å². The Morgan fingerprint density at radius 2 is 2.05 bits per heavy atom. The van der Waals surface area contributed by atoms with E-state index in [2.05, 4.69) is 10.6 Å². The van der Waals surface area contributed by atoms with E-state index in [9.17, 15) is 9.59 Å². The molecular weight excluding hydrogens is 244 g/mol. The van der Waals surface area contributed by atoms with Crippen molar-refractivity contribution in [3.8, 4) is 0 Å². The molecule has 108 valence electrons. The fourth-order valence-corrected chi connectivity index (χ4v) is 3.07. The van der Waals surface area contributed by atoms with Crippen molar-refractivity contribution in [2.24, 2.45) is 5.73 Å². The van der Waals surface area contributed by atoms with Crippen LogP contribution in [0.25, 0.3) is 0 Å². The molecule has 0 aromatic rings. The molecule has 0 radical (unpaired) electrons. The van der Waals surface area contributed by atoms with Crippen LogP contribution in [0.4, 0.5) is 4.79 Å². The first kappa shape index (κ1) is 14.1. The summed E-state index contributed by atoms with van der Waals surface area (Å²) in [5.41, 5.74) is 5.16. The standard InChI is InChI=1S/C13H24N4O2/c1-2-15-12(19)16-13(6-3-4-7-13)11(18)17-8-5-10(14)9-17/h10H,2-9,14H2,1H3,(H2,15,16,19)/t10-/m1/s1. The van der Waals surface area contributed by atoms with Crippen molar-refractivity contribution in [1.82, 2.24) is 15.5 Å². The van der Waals surface area contributed by atoms with E-state index in [0.29, 0.717) is 19.6 Å². The average molecular weight is 268 g/mol. The number of rotatable bonds is 3. The third kappa shape index (κ3) is 3.00. The second-order valence-electron chi connectivity index (χ2n) is 5.57. The molecule has 0 unspecified atom stereocenters. The highest BCUT2D eigenvalue weighted by Gasteiger charge is 2.45. The Bertz CT molecular complexity index is 353. The van der Waals surface area contributed by atoms with Crippen molar-refractivity contribution < 1.29 is 9.59 Å². The molecule has 6 heteroatoms. The van der Waals surface area contributed by atoms with Crippen LogP contribution in [0, 0.1) is 0 Å². The molecule has 1 saturated heterocycles. The molecule has 2 rings (SSSR count). The van der Waals surface area contributed by atoms with E-state index in [1.807, 2.05) is 11.8 Å². The number of urea groups is 1. The molecule has 1 aliphatic carbocycles. The van der Waals surface area contributed by atoms with Gasteiger partial charge >= 0.3 is 6.03 Å². The Labute approximate surface area is 114 Å². The Morgan fingerprint density at radius 3 is 2.58 bits per heavy atom. The number of hydrogen-bond acceptors (Lipinski definition) is 3. The van der Waals surface area contributed by atoms with Gasteiger partial charge in [-0.1, -0.05) is 12.8 Å². The average Bonchev–Trinajstić information content (AvgIpc) is 2.98. The molecular formula is C13H24N4O2. The Balaban J connectivity index is 2.06. The zero-order valence-corrected chi connectivity index (χ0v) is 11.6. The lowest BCUT2D eigenvalue weighted by molar-refractivity contribution is -0.136. The maximum absolute atomic E-state index is 12.7. The van der Waals surface area contributed by atoms with E-state index in [-0.39, 0.29) is 18.0 Å². The number of hydrogen-bond donors (Lipinski definition) is 3. The molecule has 0 spiro atoms. The van der Waals surface area contributed by atoms with E-state index in [4.69, 9.17) is 5.73 Å². The summed E-state index contributed by atoms with van der Waals surface area (Å²) >= 11 is 0. The lowest BCUT2D eigenvalue weighted by atomic mass is 9.95. The minimum atomic E-state index is -0.705. The number of nitrogens with two attached hydrogens (primary N) is 1. The minimum absolute atomic E-state index is 0.0456. The van der Waals surface area contributed by atoms with Crippen LogP contribution in [-0.4, -0.2) is 48.1 Å². The zero-order chi connectivity index (χ0) is 13.9. The molecule has 19 heavy (non-hydrogen) atoms. The smallest absolute Gasteiger partial charge is 0.315 e. The van der Waals surface area contributed by atoms with Gasteiger partial charge in [0.1, 0.15) is 5.54 Å². The van der Waals surface area contributed by atoms with Gasteiger partial charge in [0, 0.05) is 25.7 Å². The van der Waals surface area contributed by atoms with Gasteiger partial charge in [0.2, 0.25) is 5.91 Å². The van der Waals surface area contributed by atoms with Crippen molar-refractivity contribution in [1.29, 1.82) is 0 Å². The number of nitrogens with one attached hydrogen (secondary N) is 2. The predicted molar refractivity (Wildman–Crippen MR) is 72.6 cm³/mol. The molecule has 0 bridgehead atoms. The molecule has 0 aromatic carbocycles. The van der Waals surface area contributed by atoms with Crippen LogP contribution in [0.15, 0.2) is 0 Å². The molecule has 3 amide bonds. The van der Waals surface area contributed by atoms with Crippen LogP contribution in [0.5, 0.6) is 0 Å². The molecule has 1 saturated carbocycles. The monoisotopic (exact) mass is 268 g/mol. The van der Waals surface area contributed by atoms with Crippen LogP contribution in [0.3, 0.4) is 0 Å². The number of likely N-dealkylation sites (tertiary alicyclic amines) is 1. The summed E-state index contributed by atoms with van der Waals surface area (Å²) in [5.74, 6) is 0.0456. The Morgan fingerprint density at radius 1 is 1.37 bits per heavy atom. The first-order valence-corrected chi connectivity index (χ1v) is 7.18. The van der Waals surface area contributed by atoms with Crippen LogP contribution >= 0.6 is 0 Å². The summed E-state index contributed by atoms with van der Waals surface area (Å²) < 4.78 is 0. The van der Waals surface area contributed by atoms with Gasteiger partial charge < -0.3 is 21.3 Å². The molecule has 2 aliphatic rings. The lowest BCUT2D eigenvalue weighted by Crippen LogP contribution is -2.59. The molecule has 2 fully saturated rings. The van der Waals surface area contributed by atoms with Crippen LogP contribution in [-0.2, 0) is 4.79 Å². The predicted octanol–water partition coefficient (Wildman–Crippen LogP) is 0.178. The maximum Gasteiger partial charge on any atom is 0.315 e. The van der Waals surface area contributed by atoms with E-state index in [0.717, 1.165) is 32.1 Å². The van der Waals surface area contributed by atoms with Gasteiger partial charge in [0.25, 0.3) is 0 Å². The summed E-state index contributed by atoms with van der Waals surface area (Å²) in [5, 5.41) is 5.61. The fraction of sp³-hybridized carbons (Fsp3) is 0.846. The minimum Gasteiger partial charge on any atom is -0.339 e. The van der Waals surface area contributed by atoms with Crippen LogP contribution < -0.4 is 16.4 Å². The SMILES string of the molecule is CCNC(=O)NC1(C(=O)N2CC[C@@H](N)C2)CCCC1. The quantitative estimate of drug-likeness (QED) is 0.682. The summed E-state index contributed by atoms with van der Waals surface area (Å²) in [7, 11) is 0. The van der Waals surface area contributed by atoms with Crippen molar-refractivity contribution in [2.45, 2.75) is 50.6 Å². The topological polar surface area (TPSA) is 87.5 Å². The largest absolute Gasteiger partial charge is 0.339 e. The van der Waals surface area contributed by atoms with Crippen molar-refractivity contribution in [3.05, 3.63) is 0 Å². The molecule has 1 heterocycles. The van der Waals surface area contributed by atoms with Gasteiger partial charge in [-0.05, 0) is 26.2 Å². The Hall–Kier alpha value is -1.30. The van der Waals surface area contributed by atoms with Gasteiger partial charge in [-0.25, -0.2) is 4.79 Å². The molecule has 0 aromatic heterocycles. The zero-order valence-electron chi connectivity index (χ0n) is 11.6. The Kier molecular flexibility index (Phi) is 4.29. The van der Waals surface area contributed by atoms with Gasteiger partial charge in [-0.3, -0.25) is 4.79 Å². The summed E-state index contributed by atoms with van der Waals surface area (Å²) in [6, 6.07) is -0.173. The maximum atomic E-state index is 12.7. The number of carbonyl (C=O) groups is 2. The first-order chi connectivity index (χ1) is 9.07. The highest BCUT2D eigenvalue weighted by Crippen LogP contribution is 2.32. The number of nitrogens with zero attached hydrogens (tertiary/aromatic N) is 1. The second kappa shape index (κ2) is 5.77. The molecule has 6 nitrogen and oxygen atoms in total. The van der Waals surface area contributed by atoms with Crippen LogP contribution in [0.2, 0.25) is 0 Å². The van der Waals surface area contributed by atoms with Crippen LogP contribution in [0.1, 0.15) is 39.0 Å². The fourth-order valence-electron chi connectivity index (χ4n) is 3.07. The third-order valence-electron chi connectivity index (χ3n) is 4.07. The van der Waals surface area contributed by atoms with Crippen molar-refractivity contribution >= 4 is 11.9 Å². The van der Waals surface area contributed by atoms with E-state index in [1.54, 1.807) is 0 Å².